The molecule has 0 unspecified atom stereocenters. The lowest BCUT2D eigenvalue weighted by molar-refractivity contribution is -0.384. The van der Waals surface area contributed by atoms with Crippen LogP contribution in [0.4, 0.5) is 11.4 Å². The van der Waals surface area contributed by atoms with Gasteiger partial charge in [0.2, 0.25) is 0 Å². The van der Waals surface area contributed by atoms with Crippen molar-refractivity contribution in [2.24, 2.45) is 0 Å². The standard InChI is InChI=1S/C12H15N3O4/c13-10-3-1-2-9(11(10)15(18)19)12(17)14(6-7-16)8-4-5-8/h1-3,8,16H,4-7,13H2. The van der Waals surface area contributed by atoms with E-state index in [1.807, 2.05) is 0 Å². The molecule has 1 aliphatic rings. The molecule has 0 bridgehead atoms. The van der Waals surface area contributed by atoms with Crippen LogP contribution >= 0.6 is 0 Å². The molecule has 7 nitrogen and oxygen atoms in total. The zero-order valence-electron chi connectivity index (χ0n) is 10.3. The normalized spacial score (nSPS) is 14.2. The van der Waals surface area contributed by atoms with Crippen LogP contribution in [0.2, 0.25) is 0 Å². The van der Waals surface area contributed by atoms with Gasteiger partial charge in [-0.15, -0.1) is 0 Å². The first-order valence-electron chi connectivity index (χ1n) is 6.01. The van der Waals surface area contributed by atoms with Crippen LogP contribution in [0.1, 0.15) is 23.2 Å². The minimum Gasteiger partial charge on any atom is -0.395 e. The van der Waals surface area contributed by atoms with Crippen LogP contribution in [0.5, 0.6) is 0 Å². The van der Waals surface area contributed by atoms with Crippen molar-refractivity contribution in [1.82, 2.24) is 4.90 Å². The van der Waals surface area contributed by atoms with E-state index in [1.54, 1.807) is 0 Å². The number of carbonyl (C=O) groups excluding carboxylic acids is 1. The highest BCUT2D eigenvalue weighted by Gasteiger charge is 2.35. The Kier molecular flexibility index (Phi) is 3.66. The fourth-order valence-electron chi connectivity index (χ4n) is 2.04. The lowest BCUT2D eigenvalue weighted by Crippen LogP contribution is -2.35. The van der Waals surface area contributed by atoms with Crippen LogP contribution in [-0.4, -0.2) is 40.0 Å². The SMILES string of the molecule is Nc1cccc(C(=O)N(CCO)C2CC2)c1[N+](=O)[O-]. The van der Waals surface area contributed by atoms with Crippen LogP contribution in [0, 0.1) is 10.1 Å². The first-order chi connectivity index (χ1) is 9.06. The van der Waals surface area contributed by atoms with Gasteiger partial charge in [0.05, 0.1) is 11.5 Å². The van der Waals surface area contributed by atoms with Crippen molar-refractivity contribution >= 4 is 17.3 Å². The number of anilines is 1. The van der Waals surface area contributed by atoms with Crippen molar-refractivity contribution in [2.75, 3.05) is 18.9 Å². The minimum atomic E-state index is -0.646. The van der Waals surface area contributed by atoms with Crippen LogP contribution in [0.25, 0.3) is 0 Å². The first-order valence-corrected chi connectivity index (χ1v) is 6.01. The van der Waals surface area contributed by atoms with Crippen molar-refractivity contribution in [3.63, 3.8) is 0 Å². The number of rotatable bonds is 5. The number of para-hydroxylation sites is 1. The highest BCUT2D eigenvalue weighted by Crippen LogP contribution is 2.32. The van der Waals surface area contributed by atoms with Gasteiger partial charge in [-0.05, 0) is 25.0 Å². The average Bonchev–Trinajstić information content (AvgIpc) is 3.18. The Morgan fingerprint density at radius 3 is 2.74 bits per heavy atom. The van der Waals surface area contributed by atoms with Gasteiger partial charge < -0.3 is 15.7 Å². The summed E-state index contributed by atoms with van der Waals surface area (Å²) >= 11 is 0. The molecule has 2 rings (SSSR count). The molecular formula is C12H15N3O4. The summed E-state index contributed by atoms with van der Waals surface area (Å²) in [7, 11) is 0. The Hall–Kier alpha value is -2.15. The summed E-state index contributed by atoms with van der Waals surface area (Å²) in [6, 6.07) is 4.37. The molecule has 1 aliphatic carbocycles. The van der Waals surface area contributed by atoms with Crippen molar-refractivity contribution in [2.45, 2.75) is 18.9 Å². The van der Waals surface area contributed by atoms with Gasteiger partial charge in [0, 0.05) is 12.6 Å². The maximum absolute atomic E-state index is 12.3. The highest BCUT2D eigenvalue weighted by molar-refractivity contribution is 6.00. The molecule has 0 aromatic heterocycles. The highest BCUT2D eigenvalue weighted by atomic mass is 16.6. The van der Waals surface area contributed by atoms with Gasteiger partial charge in [0.1, 0.15) is 11.3 Å². The van der Waals surface area contributed by atoms with Gasteiger partial charge in [0.15, 0.2) is 0 Å². The van der Waals surface area contributed by atoms with Gasteiger partial charge in [-0.2, -0.15) is 0 Å². The first kappa shape index (κ1) is 13.3. The second-order valence-corrected chi connectivity index (χ2v) is 4.45. The largest absolute Gasteiger partial charge is 0.395 e. The molecule has 1 amide bonds. The lowest BCUT2D eigenvalue weighted by Gasteiger charge is -2.21. The number of aliphatic hydroxyl groups excluding tert-OH is 1. The van der Waals surface area contributed by atoms with Crippen molar-refractivity contribution in [3.05, 3.63) is 33.9 Å². The van der Waals surface area contributed by atoms with E-state index >= 15 is 0 Å². The summed E-state index contributed by atoms with van der Waals surface area (Å²) in [5.41, 5.74) is 5.14. The molecule has 7 heteroatoms. The van der Waals surface area contributed by atoms with Crippen LogP contribution in [-0.2, 0) is 0 Å². The summed E-state index contributed by atoms with van der Waals surface area (Å²) in [6.07, 6.45) is 1.73. The topological polar surface area (TPSA) is 110 Å². The van der Waals surface area contributed by atoms with Gasteiger partial charge in [-0.25, -0.2) is 0 Å². The summed E-state index contributed by atoms with van der Waals surface area (Å²) < 4.78 is 0. The number of aliphatic hydroxyl groups is 1. The number of nitrogens with zero attached hydrogens (tertiary/aromatic N) is 2. The molecule has 1 saturated carbocycles. The fourth-order valence-corrected chi connectivity index (χ4v) is 2.04. The summed E-state index contributed by atoms with van der Waals surface area (Å²) in [4.78, 5) is 24.2. The number of nitrogens with two attached hydrogens (primary N) is 1. The van der Waals surface area contributed by atoms with E-state index < -0.39 is 10.8 Å². The molecule has 3 N–H and O–H groups in total. The number of nitro groups is 1. The molecule has 0 radical (unpaired) electrons. The van der Waals surface area contributed by atoms with E-state index in [9.17, 15) is 14.9 Å². The molecule has 0 saturated heterocycles. The van der Waals surface area contributed by atoms with Gasteiger partial charge in [-0.1, -0.05) is 6.07 Å². The van der Waals surface area contributed by atoms with E-state index in [1.165, 1.54) is 23.1 Å². The second kappa shape index (κ2) is 5.23. The van der Waals surface area contributed by atoms with Gasteiger partial charge in [-0.3, -0.25) is 14.9 Å². The molecule has 1 aromatic carbocycles. The Bertz CT molecular complexity index is 514. The monoisotopic (exact) mass is 265 g/mol. The van der Waals surface area contributed by atoms with E-state index in [0.717, 1.165) is 12.8 Å². The summed E-state index contributed by atoms with van der Waals surface area (Å²) in [6.45, 7) is 0.00774. The zero-order valence-corrected chi connectivity index (χ0v) is 10.3. The Morgan fingerprint density at radius 1 is 1.53 bits per heavy atom. The number of nitrogen functional groups attached to an aromatic ring is 1. The Labute approximate surface area is 109 Å². The molecular weight excluding hydrogens is 250 g/mol. The molecule has 19 heavy (non-hydrogen) atoms. The van der Waals surface area contributed by atoms with Crippen molar-refractivity contribution < 1.29 is 14.8 Å². The average molecular weight is 265 g/mol. The van der Waals surface area contributed by atoms with Gasteiger partial charge >= 0.3 is 5.69 Å². The Balaban J connectivity index is 2.37. The quantitative estimate of drug-likeness (QED) is 0.464. The molecule has 0 heterocycles. The maximum Gasteiger partial charge on any atom is 0.304 e. The third-order valence-corrected chi connectivity index (χ3v) is 3.07. The van der Waals surface area contributed by atoms with Crippen molar-refractivity contribution in [3.8, 4) is 0 Å². The van der Waals surface area contributed by atoms with E-state index in [2.05, 4.69) is 0 Å². The number of benzene rings is 1. The van der Waals surface area contributed by atoms with Crippen LogP contribution < -0.4 is 5.73 Å². The van der Waals surface area contributed by atoms with Crippen LogP contribution in [0.3, 0.4) is 0 Å². The number of carbonyl (C=O) groups is 1. The molecule has 1 fully saturated rings. The smallest absolute Gasteiger partial charge is 0.304 e. The van der Waals surface area contributed by atoms with Crippen LogP contribution in [0.15, 0.2) is 18.2 Å². The molecule has 102 valence electrons. The Morgan fingerprint density at radius 2 is 2.21 bits per heavy atom. The third kappa shape index (κ3) is 2.65. The second-order valence-electron chi connectivity index (χ2n) is 4.45. The predicted octanol–water partition coefficient (Wildman–Crippen LogP) is 0.774. The lowest BCUT2D eigenvalue weighted by atomic mass is 10.1. The van der Waals surface area contributed by atoms with Gasteiger partial charge in [0.25, 0.3) is 5.91 Å². The predicted molar refractivity (Wildman–Crippen MR) is 68.7 cm³/mol. The van der Waals surface area contributed by atoms with E-state index in [4.69, 9.17) is 10.8 Å². The molecule has 0 aliphatic heterocycles. The molecule has 1 aromatic rings. The fraction of sp³-hybridized carbons (Fsp3) is 0.417. The third-order valence-electron chi connectivity index (χ3n) is 3.07. The van der Waals surface area contributed by atoms with E-state index in [0.29, 0.717) is 0 Å². The number of hydrogen-bond donors (Lipinski definition) is 2. The number of hydrogen-bond acceptors (Lipinski definition) is 5. The zero-order chi connectivity index (χ0) is 14.0. The maximum atomic E-state index is 12.3. The summed E-state index contributed by atoms with van der Waals surface area (Å²) in [5.74, 6) is -0.449. The van der Waals surface area contributed by atoms with E-state index in [-0.39, 0.29) is 36.1 Å². The molecule has 0 spiro atoms. The minimum absolute atomic E-state index is 0.0228. The van der Waals surface area contributed by atoms with Crippen molar-refractivity contribution in [1.29, 1.82) is 0 Å². The number of nitro benzene ring substituents is 1. The number of amides is 1. The molecule has 0 atom stereocenters. The summed E-state index contributed by atoms with van der Waals surface area (Å²) in [5, 5.41) is 20.0.